The van der Waals surface area contributed by atoms with Gasteiger partial charge in [-0.25, -0.2) is 15.0 Å². The quantitative estimate of drug-likeness (QED) is 0.104. The van der Waals surface area contributed by atoms with Crippen LogP contribution in [0.2, 0.25) is 0 Å². The smallest absolute Gasteiger partial charge is 0.172 e. The number of fused-ring (bicyclic) bond motifs is 28. The van der Waals surface area contributed by atoms with Crippen molar-refractivity contribution in [1.82, 2.24) is 33.1 Å². The van der Waals surface area contributed by atoms with Gasteiger partial charge < -0.3 is 13.7 Å². The highest BCUT2D eigenvalue weighted by Gasteiger charge is 2.36. The molecule has 0 unspecified atom stereocenters. The maximum absolute atomic E-state index is 16.2. The minimum atomic E-state index is -3.38. The van der Waals surface area contributed by atoms with Crippen LogP contribution in [0.1, 0.15) is 0 Å². The molecule has 7 heterocycles. The number of pyridine rings is 4. The molecule has 0 amide bonds. The Morgan fingerprint density at radius 1 is 0.190 bits per heavy atom. The molecule has 18 aromatic carbocycles. The summed E-state index contributed by atoms with van der Waals surface area (Å²) in [5.41, 5.74) is 12.3. The second-order valence-corrected chi connectivity index (χ2v) is 39.2. The minimum Gasteiger partial charge on any atom is -0.309 e. The zero-order valence-electron chi connectivity index (χ0n) is 65.1. The molecule has 0 saturated heterocycles. The molecule has 0 spiro atoms. The molecule has 0 bridgehead atoms. The van der Waals surface area contributed by atoms with Gasteiger partial charge in [-0.2, -0.15) is 0 Å². The van der Waals surface area contributed by atoms with Crippen LogP contribution >= 0.6 is 21.4 Å². The molecule has 0 aliphatic heterocycles. The van der Waals surface area contributed by atoms with Gasteiger partial charge in [-0.05, 0) is 151 Å². The molecule has 25 aromatic rings. The fourth-order valence-electron chi connectivity index (χ4n) is 18.6. The van der Waals surface area contributed by atoms with Crippen molar-refractivity contribution in [3.8, 4) is 0 Å². The van der Waals surface area contributed by atoms with Gasteiger partial charge >= 0.3 is 0 Å². The lowest BCUT2D eigenvalue weighted by molar-refractivity contribution is 0.591. The SMILES string of the molecule is O=P(c1ccc2ccccc2c1)(c1ccc2ccccc2c1)c1ccc2nc3c4ccccc4c4ccccc4n3c2c1.O=P(c1ccc2nc3c4ccccc4c4ccccc4n3c2c1)(c1cccc2ccccc12)c1cccc2ccccc12.O=P(c1ccccc1)(c1ccccc1)c1ccc2nc3c4cccnc4c4ccccc4n3c2c1. The first kappa shape index (κ1) is 71.6. The Morgan fingerprint density at radius 2 is 0.496 bits per heavy atom. The molecule has 25 rings (SSSR count). The monoisotopic (exact) mass is 1610 g/mol. The normalized spacial score (nSPS) is 12.2. The Hall–Kier alpha value is -14.8. The van der Waals surface area contributed by atoms with Crippen LogP contribution in [0.4, 0.5) is 0 Å². The predicted molar refractivity (Wildman–Crippen MR) is 509 cm³/mol. The third kappa shape index (κ3) is 11.4. The van der Waals surface area contributed by atoms with Gasteiger partial charge in [-0.3, -0.25) is 18.2 Å². The van der Waals surface area contributed by atoms with Crippen molar-refractivity contribution in [2.75, 3.05) is 0 Å². The van der Waals surface area contributed by atoms with Crippen molar-refractivity contribution in [2.24, 2.45) is 0 Å². The van der Waals surface area contributed by atoms with Gasteiger partial charge in [-0.15, -0.1) is 0 Å². The highest BCUT2D eigenvalue weighted by Crippen LogP contribution is 2.50. The molecule has 0 aliphatic carbocycles. The first-order valence-electron chi connectivity index (χ1n) is 40.5. The van der Waals surface area contributed by atoms with E-state index in [4.69, 9.17) is 15.0 Å². The van der Waals surface area contributed by atoms with E-state index in [1.54, 1.807) is 0 Å². The molecule has 570 valence electrons. The van der Waals surface area contributed by atoms with Crippen LogP contribution in [0.15, 0.2) is 425 Å². The van der Waals surface area contributed by atoms with Crippen LogP contribution in [-0.4, -0.2) is 33.1 Å². The van der Waals surface area contributed by atoms with E-state index in [9.17, 15) is 4.57 Å². The summed E-state index contributed by atoms with van der Waals surface area (Å²) in [4.78, 5) is 19.9. The summed E-state index contributed by atoms with van der Waals surface area (Å²) in [6.07, 6.45) is 1.82. The van der Waals surface area contributed by atoms with Gasteiger partial charge in [0, 0.05) is 86.3 Å². The van der Waals surface area contributed by atoms with E-state index in [1.807, 2.05) is 206 Å². The maximum Gasteiger partial charge on any atom is 0.172 e. The molecule has 0 saturated carbocycles. The molecule has 7 aromatic heterocycles. The Kier molecular flexibility index (Phi) is 16.9. The Morgan fingerprint density at radius 3 is 0.942 bits per heavy atom. The van der Waals surface area contributed by atoms with Crippen molar-refractivity contribution in [2.45, 2.75) is 0 Å². The Bertz CT molecular complexity index is 8540. The number of hydrogen-bond donors (Lipinski definition) is 0. The average Bonchev–Trinajstić information content (AvgIpc) is 1.57. The second-order valence-electron chi connectivity index (χ2n) is 30.9. The number of aromatic nitrogens is 7. The van der Waals surface area contributed by atoms with Gasteiger partial charge in [0.25, 0.3) is 0 Å². The largest absolute Gasteiger partial charge is 0.309 e. The third-order valence-corrected chi connectivity index (χ3v) is 33.5. The number of hydrogen-bond acceptors (Lipinski definition) is 7. The summed E-state index contributed by atoms with van der Waals surface area (Å²) in [6, 6.07) is 142. The lowest BCUT2D eigenvalue weighted by Crippen LogP contribution is -2.26. The lowest BCUT2D eigenvalue weighted by atomic mass is 10.1. The van der Waals surface area contributed by atoms with Gasteiger partial charge in [-0.1, -0.05) is 322 Å². The summed E-state index contributed by atoms with van der Waals surface area (Å²) >= 11 is 0. The van der Waals surface area contributed by atoms with Crippen molar-refractivity contribution >= 4 is 227 Å². The zero-order chi connectivity index (χ0) is 80.5. The molecule has 0 radical (unpaired) electrons. The van der Waals surface area contributed by atoms with Crippen LogP contribution in [0.3, 0.4) is 0 Å². The standard InChI is InChI=1S/2C39H25N2OP.C30H20N3OP/c42-43(37-21-9-13-26-11-1-3-15-29(26)37,38-22-10-14-27-12-2-4-16-30(27)38)28-23-24-34-36(25-28)41-35-20-8-7-18-32(35)31-17-5-6-19-33(31)39(41)40-34;42-43(30-19-17-26-9-1-3-11-28(26)23-30,31-20-18-27-10-2-4-12-29(27)24-31)32-21-22-36-38(25-32)41-37-16-8-7-14-34(37)33-13-5-6-15-35(33)39(41)40-36;34-35(21-10-3-1-4-11-21,22-12-5-2-6-13-22)23-17-18-26-28(20-23)33-27-16-8-7-14-24(27)29-25(30(33)32-26)15-9-19-31-29/h2*1-25H;1-20H. The Balaban J connectivity index is 0.000000106. The molecule has 0 fully saturated rings. The van der Waals surface area contributed by atoms with E-state index >= 15 is 9.13 Å². The summed E-state index contributed by atoms with van der Waals surface area (Å²) in [5.74, 6) is 0. The van der Waals surface area contributed by atoms with Crippen molar-refractivity contribution in [3.05, 3.63) is 425 Å². The first-order chi connectivity index (χ1) is 59.6. The molecular formula is C108H70N7O3P3. The fourth-order valence-corrected chi connectivity index (χ4v) is 27.1. The maximum atomic E-state index is 16.2. The summed E-state index contributed by atoms with van der Waals surface area (Å²) in [7, 11) is -9.76. The number of para-hydroxylation sites is 3. The van der Waals surface area contributed by atoms with Crippen LogP contribution in [0, 0.1) is 0 Å². The topological polar surface area (TPSA) is 116 Å². The molecule has 0 aliphatic rings. The van der Waals surface area contributed by atoms with Gasteiger partial charge in [0.15, 0.2) is 21.4 Å². The van der Waals surface area contributed by atoms with Gasteiger partial charge in [0.1, 0.15) is 16.9 Å². The predicted octanol–water partition coefficient (Wildman–Crippen LogP) is 23.3. The molecule has 0 atom stereocenters. The first-order valence-corrected chi connectivity index (χ1v) is 45.7. The molecule has 10 nitrogen and oxygen atoms in total. The molecule has 13 heteroatoms. The van der Waals surface area contributed by atoms with E-state index in [0.29, 0.717) is 0 Å². The van der Waals surface area contributed by atoms with Crippen LogP contribution in [0.25, 0.3) is 158 Å². The van der Waals surface area contributed by atoms with Gasteiger partial charge in [0.05, 0.1) is 55.2 Å². The molecular weight excluding hydrogens is 1540 g/mol. The number of benzene rings is 18. The van der Waals surface area contributed by atoms with E-state index in [2.05, 4.69) is 237 Å². The second kappa shape index (κ2) is 28.5. The van der Waals surface area contributed by atoms with Crippen molar-refractivity contribution in [3.63, 3.8) is 0 Å². The van der Waals surface area contributed by atoms with Gasteiger partial charge in [0.2, 0.25) is 0 Å². The van der Waals surface area contributed by atoms with E-state index in [-0.39, 0.29) is 0 Å². The lowest BCUT2D eigenvalue weighted by Gasteiger charge is -2.23. The summed E-state index contributed by atoms with van der Waals surface area (Å²) < 4.78 is 53.7. The van der Waals surface area contributed by atoms with Crippen LogP contribution < -0.4 is 47.7 Å². The van der Waals surface area contributed by atoms with Crippen molar-refractivity contribution in [1.29, 1.82) is 0 Å². The summed E-state index contributed by atoms with van der Waals surface area (Å²) in [5, 5.41) is 24.9. The fraction of sp³-hybridized carbons (Fsp3) is 0. The van der Waals surface area contributed by atoms with Crippen molar-refractivity contribution < 1.29 is 13.7 Å². The highest BCUT2D eigenvalue weighted by molar-refractivity contribution is 7.86. The van der Waals surface area contributed by atoms with Crippen LogP contribution in [0.5, 0.6) is 0 Å². The Labute approximate surface area is 694 Å². The van der Waals surface area contributed by atoms with E-state index in [1.165, 1.54) is 21.5 Å². The van der Waals surface area contributed by atoms with Crippen LogP contribution in [-0.2, 0) is 13.7 Å². The van der Waals surface area contributed by atoms with E-state index in [0.717, 1.165) is 184 Å². The summed E-state index contributed by atoms with van der Waals surface area (Å²) in [6.45, 7) is 0. The third-order valence-electron chi connectivity index (χ3n) is 24.3. The number of imidazole rings is 3. The number of rotatable bonds is 9. The molecule has 0 N–H and O–H groups in total. The average molecular weight is 1610 g/mol. The molecule has 121 heavy (non-hydrogen) atoms. The van der Waals surface area contributed by atoms with E-state index < -0.39 is 21.4 Å². The highest BCUT2D eigenvalue weighted by atomic mass is 31.2. The zero-order valence-corrected chi connectivity index (χ0v) is 67.8. The minimum absolute atomic E-state index is 0.791. The number of nitrogens with zero attached hydrogens (tertiary/aromatic N) is 7.